The second-order valence-corrected chi connectivity index (χ2v) is 5.79. The summed E-state index contributed by atoms with van der Waals surface area (Å²) in [6.07, 6.45) is 0.789. The molecule has 1 aromatic carbocycles. The van der Waals surface area contributed by atoms with E-state index in [0.717, 1.165) is 22.2 Å². The summed E-state index contributed by atoms with van der Waals surface area (Å²) in [6.45, 7) is 3.99. The Morgan fingerprint density at radius 1 is 1.43 bits per heavy atom. The fraction of sp³-hybridized carbons (Fsp3) is 0.455. The zero-order valence-electron chi connectivity index (χ0n) is 8.60. The first-order chi connectivity index (χ1) is 6.42. The predicted octanol–water partition coefficient (Wildman–Crippen LogP) is 4.02. The van der Waals surface area contributed by atoms with E-state index in [0.29, 0.717) is 0 Å². The van der Waals surface area contributed by atoms with Gasteiger partial charge < -0.3 is 4.74 Å². The molecule has 1 nitrogen and oxygen atoms in total. The molecule has 0 N–H and O–H groups in total. The molecular formula is C11H14BrClO. The van der Waals surface area contributed by atoms with Gasteiger partial charge in [0.25, 0.3) is 0 Å². The minimum absolute atomic E-state index is 0.242. The van der Waals surface area contributed by atoms with Crippen molar-refractivity contribution in [1.82, 2.24) is 0 Å². The van der Waals surface area contributed by atoms with Gasteiger partial charge in [0, 0.05) is 9.35 Å². The van der Waals surface area contributed by atoms with E-state index in [1.54, 1.807) is 7.11 Å². The van der Waals surface area contributed by atoms with Crippen molar-refractivity contribution in [2.45, 2.75) is 25.1 Å². The SMILES string of the molecule is COc1ccc(Br)cc1CC(C)(C)Cl. The van der Waals surface area contributed by atoms with Crippen LogP contribution < -0.4 is 4.74 Å². The Balaban J connectivity index is 2.99. The van der Waals surface area contributed by atoms with Crippen molar-refractivity contribution >= 4 is 27.5 Å². The lowest BCUT2D eigenvalue weighted by Crippen LogP contribution is -2.14. The summed E-state index contributed by atoms with van der Waals surface area (Å²) in [5.74, 6) is 0.891. The number of ether oxygens (including phenoxy) is 1. The number of hydrogen-bond acceptors (Lipinski definition) is 1. The Morgan fingerprint density at radius 2 is 2.07 bits per heavy atom. The number of methoxy groups -OCH3 is 1. The third-order valence-electron chi connectivity index (χ3n) is 1.85. The largest absolute Gasteiger partial charge is 0.496 e. The molecule has 14 heavy (non-hydrogen) atoms. The number of hydrogen-bond donors (Lipinski definition) is 0. The molecule has 0 unspecified atom stereocenters. The molecular weight excluding hydrogens is 263 g/mol. The molecule has 0 aliphatic heterocycles. The van der Waals surface area contributed by atoms with Gasteiger partial charge in [0.1, 0.15) is 5.75 Å². The molecule has 0 aromatic heterocycles. The van der Waals surface area contributed by atoms with E-state index in [1.165, 1.54) is 0 Å². The normalized spacial score (nSPS) is 11.5. The average Bonchev–Trinajstić information content (AvgIpc) is 2.01. The van der Waals surface area contributed by atoms with Gasteiger partial charge in [0.2, 0.25) is 0 Å². The van der Waals surface area contributed by atoms with Crippen LogP contribution in [0.4, 0.5) is 0 Å². The Hall–Kier alpha value is -0.210. The maximum absolute atomic E-state index is 6.18. The second kappa shape index (κ2) is 4.54. The van der Waals surface area contributed by atoms with Gasteiger partial charge in [-0.3, -0.25) is 0 Å². The zero-order chi connectivity index (χ0) is 10.8. The summed E-state index contributed by atoms with van der Waals surface area (Å²) < 4.78 is 6.32. The Bertz CT molecular complexity index is 318. The standard InChI is InChI=1S/C11H14BrClO/c1-11(2,13)7-8-6-9(12)4-5-10(8)14-3/h4-6H,7H2,1-3H3. The van der Waals surface area contributed by atoms with E-state index in [1.807, 2.05) is 32.0 Å². The van der Waals surface area contributed by atoms with Crippen molar-refractivity contribution in [2.24, 2.45) is 0 Å². The maximum Gasteiger partial charge on any atom is 0.122 e. The van der Waals surface area contributed by atoms with Gasteiger partial charge in [-0.1, -0.05) is 15.9 Å². The lowest BCUT2D eigenvalue weighted by Gasteiger charge is -2.17. The number of rotatable bonds is 3. The van der Waals surface area contributed by atoms with E-state index < -0.39 is 0 Å². The van der Waals surface area contributed by atoms with E-state index in [9.17, 15) is 0 Å². The number of alkyl halides is 1. The molecule has 0 atom stereocenters. The fourth-order valence-corrected chi connectivity index (χ4v) is 1.89. The Kier molecular flexibility index (Phi) is 3.85. The highest BCUT2D eigenvalue weighted by molar-refractivity contribution is 9.10. The molecule has 0 spiro atoms. The van der Waals surface area contributed by atoms with Crippen LogP contribution in [0.5, 0.6) is 5.75 Å². The van der Waals surface area contributed by atoms with Gasteiger partial charge in [-0.25, -0.2) is 0 Å². The molecule has 0 aliphatic rings. The summed E-state index contributed by atoms with van der Waals surface area (Å²) in [5.41, 5.74) is 1.13. The molecule has 0 amide bonds. The maximum atomic E-state index is 6.18. The monoisotopic (exact) mass is 276 g/mol. The van der Waals surface area contributed by atoms with Gasteiger partial charge in [0.15, 0.2) is 0 Å². The molecule has 1 rings (SSSR count). The number of halogens is 2. The topological polar surface area (TPSA) is 9.23 Å². The lowest BCUT2D eigenvalue weighted by molar-refractivity contribution is 0.407. The summed E-state index contributed by atoms with van der Waals surface area (Å²) in [5, 5.41) is 0. The van der Waals surface area contributed by atoms with Crippen molar-refractivity contribution in [3.8, 4) is 5.75 Å². The summed E-state index contributed by atoms with van der Waals surface area (Å²) in [6, 6.07) is 5.95. The van der Waals surface area contributed by atoms with E-state index in [4.69, 9.17) is 16.3 Å². The van der Waals surface area contributed by atoms with Crippen LogP contribution >= 0.6 is 27.5 Å². The molecule has 1 aromatic rings. The quantitative estimate of drug-likeness (QED) is 0.758. The molecule has 3 heteroatoms. The van der Waals surface area contributed by atoms with Crippen molar-refractivity contribution in [3.05, 3.63) is 28.2 Å². The number of benzene rings is 1. The smallest absolute Gasteiger partial charge is 0.122 e. The van der Waals surface area contributed by atoms with Crippen LogP contribution in [0, 0.1) is 0 Å². The first-order valence-corrected chi connectivity index (χ1v) is 5.61. The van der Waals surface area contributed by atoms with Crippen LogP contribution in [-0.2, 0) is 6.42 Å². The minimum Gasteiger partial charge on any atom is -0.496 e. The van der Waals surface area contributed by atoms with Gasteiger partial charge in [-0.15, -0.1) is 11.6 Å². The van der Waals surface area contributed by atoms with Crippen LogP contribution in [0.1, 0.15) is 19.4 Å². The summed E-state index contributed by atoms with van der Waals surface area (Å²) >= 11 is 9.61. The van der Waals surface area contributed by atoms with Crippen LogP contribution in [0.3, 0.4) is 0 Å². The molecule has 0 bridgehead atoms. The van der Waals surface area contributed by atoms with E-state index in [-0.39, 0.29) is 4.87 Å². The van der Waals surface area contributed by atoms with Gasteiger partial charge in [-0.2, -0.15) is 0 Å². The lowest BCUT2D eigenvalue weighted by atomic mass is 10.0. The van der Waals surface area contributed by atoms with Gasteiger partial charge >= 0.3 is 0 Å². The molecule has 0 fully saturated rings. The molecule has 0 radical (unpaired) electrons. The van der Waals surface area contributed by atoms with Gasteiger partial charge in [-0.05, 0) is 44.0 Å². The zero-order valence-corrected chi connectivity index (χ0v) is 10.9. The highest BCUT2D eigenvalue weighted by atomic mass is 79.9. The second-order valence-electron chi connectivity index (χ2n) is 3.85. The van der Waals surface area contributed by atoms with Crippen LogP contribution in [0.2, 0.25) is 0 Å². The Morgan fingerprint density at radius 3 is 2.57 bits per heavy atom. The van der Waals surface area contributed by atoms with Crippen LogP contribution in [-0.4, -0.2) is 12.0 Å². The van der Waals surface area contributed by atoms with Crippen LogP contribution in [0.15, 0.2) is 22.7 Å². The first kappa shape index (κ1) is 11.9. The fourth-order valence-electron chi connectivity index (χ4n) is 1.34. The minimum atomic E-state index is -0.242. The molecule has 0 saturated carbocycles. The van der Waals surface area contributed by atoms with Crippen molar-refractivity contribution in [1.29, 1.82) is 0 Å². The highest BCUT2D eigenvalue weighted by Gasteiger charge is 2.16. The first-order valence-electron chi connectivity index (χ1n) is 4.44. The van der Waals surface area contributed by atoms with Gasteiger partial charge in [0.05, 0.1) is 7.11 Å². The summed E-state index contributed by atoms with van der Waals surface area (Å²) in [7, 11) is 1.67. The van der Waals surface area contributed by atoms with Crippen molar-refractivity contribution in [3.63, 3.8) is 0 Å². The highest BCUT2D eigenvalue weighted by Crippen LogP contribution is 2.28. The van der Waals surface area contributed by atoms with Crippen molar-refractivity contribution in [2.75, 3.05) is 7.11 Å². The Labute approximate surface area is 98.5 Å². The third kappa shape index (κ3) is 3.50. The molecule has 0 aliphatic carbocycles. The molecule has 78 valence electrons. The predicted molar refractivity (Wildman–Crippen MR) is 64.3 cm³/mol. The van der Waals surface area contributed by atoms with E-state index in [2.05, 4.69) is 15.9 Å². The van der Waals surface area contributed by atoms with Crippen molar-refractivity contribution < 1.29 is 4.74 Å². The molecule has 0 saturated heterocycles. The summed E-state index contributed by atoms with van der Waals surface area (Å²) in [4.78, 5) is -0.242. The van der Waals surface area contributed by atoms with E-state index >= 15 is 0 Å². The van der Waals surface area contributed by atoms with Crippen LogP contribution in [0.25, 0.3) is 0 Å². The molecule has 0 heterocycles. The third-order valence-corrected chi connectivity index (χ3v) is 2.48. The average molecular weight is 278 g/mol.